The Bertz CT molecular complexity index is 547. The van der Waals surface area contributed by atoms with Crippen LogP contribution in [0.2, 0.25) is 0 Å². The van der Waals surface area contributed by atoms with Gasteiger partial charge >= 0.3 is 11.7 Å². The summed E-state index contributed by atoms with van der Waals surface area (Å²) in [6.07, 6.45) is 3.63. The summed E-state index contributed by atoms with van der Waals surface area (Å²) in [7, 11) is 0. The van der Waals surface area contributed by atoms with E-state index in [1.54, 1.807) is 4.90 Å². The van der Waals surface area contributed by atoms with Gasteiger partial charge in [-0.1, -0.05) is 0 Å². The number of carbonyl (C=O) groups is 1. The second-order valence-corrected chi connectivity index (χ2v) is 5.10. The van der Waals surface area contributed by atoms with Crippen molar-refractivity contribution in [1.82, 2.24) is 4.98 Å². The summed E-state index contributed by atoms with van der Waals surface area (Å²) in [5, 5.41) is 29.1. The number of aromatic nitrogens is 1. The minimum atomic E-state index is -1.24. The maximum Gasteiger partial charge on any atom is 0.337 e. The molecule has 114 valence electrons. The van der Waals surface area contributed by atoms with Crippen LogP contribution in [0.1, 0.15) is 29.6 Å². The number of aromatic carboxylic acids is 1. The van der Waals surface area contributed by atoms with Gasteiger partial charge in [0.2, 0.25) is 5.82 Å². The lowest BCUT2D eigenvalue weighted by atomic mass is 9.95. The largest absolute Gasteiger partial charge is 0.478 e. The van der Waals surface area contributed by atoms with Crippen molar-refractivity contribution in [2.75, 3.05) is 24.6 Å². The van der Waals surface area contributed by atoms with Gasteiger partial charge in [-0.15, -0.1) is 0 Å². The van der Waals surface area contributed by atoms with Crippen LogP contribution in [0.5, 0.6) is 0 Å². The van der Waals surface area contributed by atoms with E-state index in [1.807, 2.05) is 0 Å². The van der Waals surface area contributed by atoms with E-state index in [1.165, 1.54) is 0 Å². The molecule has 0 amide bonds. The lowest BCUT2D eigenvalue weighted by molar-refractivity contribution is -0.384. The molecule has 1 aromatic rings. The Labute approximate surface area is 121 Å². The molecule has 2 N–H and O–H groups in total. The van der Waals surface area contributed by atoms with E-state index in [4.69, 9.17) is 10.2 Å². The van der Waals surface area contributed by atoms with Crippen LogP contribution in [-0.4, -0.2) is 45.8 Å². The number of aliphatic hydroxyl groups is 1. The number of nitrogens with zero attached hydrogens (tertiary/aromatic N) is 3. The van der Waals surface area contributed by atoms with Crippen molar-refractivity contribution in [2.24, 2.45) is 5.92 Å². The average Bonchev–Trinajstić information content (AvgIpc) is 2.47. The predicted molar refractivity (Wildman–Crippen MR) is 74.5 cm³/mol. The molecule has 21 heavy (non-hydrogen) atoms. The van der Waals surface area contributed by atoms with Gasteiger partial charge in [-0.05, 0) is 25.2 Å². The topological polar surface area (TPSA) is 117 Å². The Morgan fingerprint density at radius 3 is 2.95 bits per heavy atom. The molecule has 2 rings (SSSR count). The van der Waals surface area contributed by atoms with Gasteiger partial charge in [-0.2, -0.15) is 0 Å². The highest BCUT2D eigenvalue weighted by Crippen LogP contribution is 2.31. The van der Waals surface area contributed by atoms with Gasteiger partial charge < -0.3 is 15.1 Å². The molecular weight excluding hydrogens is 278 g/mol. The summed E-state index contributed by atoms with van der Waals surface area (Å²) >= 11 is 0. The van der Waals surface area contributed by atoms with E-state index in [0.717, 1.165) is 25.1 Å². The molecule has 0 radical (unpaired) electrons. The van der Waals surface area contributed by atoms with Gasteiger partial charge in [0, 0.05) is 32.0 Å². The summed E-state index contributed by atoms with van der Waals surface area (Å²) in [5.41, 5.74) is -0.492. The fourth-order valence-corrected chi connectivity index (χ4v) is 2.62. The number of pyridine rings is 1. The predicted octanol–water partition coefficient (Wildman–Crippen LogP) is 1.29. The SMILES string of the molecule is O=C(O)c1cnc(N2CCCC(CCO)C2)c([N+](=O)[O-])c1. The van der Waals surface area contributed by atoms with Crippen LogP contribution < -0.4 is 4.90 Å². The number of carboxylic acids is 1. The summed E-state index contributed by atoms with van der Waals surface area (Å²) in [6, 6.07) is 1.04. The maximum absolute atomic E-state index is 11.2. The van der Waals surface area contributed by atoms with Crippen molar-refractivity contribution in [3.05, 3.63) is 27.9 Å². The van der Waals surface area contributed by atoms with Crippen molar-refractivity contribution < 1.29 is 19.9 Å². The summed E-state index contributed by atoms with van der Waals surface area (Å²) < 4.78 is 0. The highest BCUT2D eigenvalue weighted by molar-refractivity contribution is 5.88. The van der Waals surface area contributed by atoms with Crippen LogP contribution in [0.4, 0.5) is 11.5 Å². The first kappa shape index (κ1) is 15.2. The molecule has 2 heterocycles. The standard InChI is InChI=1S/C13H17N3O5/c17-5-3-9-2-1-4-15(8-9)12-11(16(20)21)6-10(7-14-12)13(18)19/h6-7,9,17H,1-5,8H2,(H,18,19). The number of hydrogen-bond donors (Lipinski definition) is 2. The molecule has 0 bridgehead atoms. The first-order chi connectivity index (χ1) is 10.0. The fourth-order valence-electron chi connectivity index (χ4n) is 2.62. The van der Waals surface area contributed by atoms with Crippen LogP contribution in [0.25, 0.3) is 0 Å². The highest BCUT2D eigenvalue weighted by Gasteiger charge is 2.27. The zero-order valence-corrected chi connectivity index (χ0v) is 11.4. The minimum absolute atomic E-state index is 0.0893. The van der Waals surface area contributed by atoms with Crippen molar-refractivity contribution in [3.8, 4) is 0 Å². The molecule has 0 aromatic carbocycles. The van der Waals surface area contributed by atoms with Crippen molar-refractivity contribution in [2.45, 2.75) is 19.3 Å². The number of piperidine rings is 1. The molecular formula is C13H17N3O5. The van der Waals surface area contributed by atoms with E-state index in [0.29, 0.717) is 19.5 Å². The highest BCUT2D eigenvalue weighted by atomic mass is 16.6. The Morgan fingerprint density at radius 2 is 2.33 bits per heavy atom. The van der Waals surface area contributed by atoms with Crippen molar-refractivity contribution in [1.29, 1.82) is 0 Å². The molecule has 1 saturated heterocycles. The van der Waals surface area contributed by atoms with Gasteiger partial charge in [-0.3, -0.25) is 10.1 Å². The Morgan fingerprint density at radius 1 is 1.57 bits per heavy atom. The van der Waals surface area contributed by atoms with Crippen LogP contribution >= 0.6 is 0 Å². The van der Waals surface area contributed by atoms with Gasteiger partial charge in [0.15, 0.2) is 0 Å². The third kappa shape index (κ3) is 3.46. The van der Waals surface area contributed by atoms with Crippen molar-refractivity contribution in [3.63, 3.8) is 0 Å². The molecule has 8 heteroatoms. The summed E-state index contributed by atoms with van der Waals surface area (Å²) in [6.45, 7) is 1.31. The molecule has 0 spiro atoms. The fraction of sp³-hybridized carbons (Fsp3) is 0.538. The lowest BCUT2D eigenvalue weighted by Crippen LogP contribution is -2.36. The molecule has 1 aliphatic heterocycles. The molecule has 8 nitrogen and oxygen atoms in total. The van der Waals surface area contributed by atoms with Crippen molar-refractivity contribution >= 4 is 17.5 Å². The number of hydrogen-bond acceptors (Lipinski definition) is 6. The Kier molecular flexibility index (Phi) is 4.69. The number of carboxylic acid groups (broad SMARTS) is 1. The van der Waals surface area contributed by atoms with Crippen LogP contribution in [0.15, 0.2) is 12.3 Å². The normalized spacial score (nSPS) is 18.5. The van der Waals surface area contributed by atoms with Crippen LogP contribution in [0, 0.1) is 16.0 Å². The smallest absolute Gasteiger partial charge is 0.337 e. The van der Waals surface area contributed by atoms with Gasteiger partial charge in [0.05, 0.1) is 10.5 Å². The zero-order chi connectivity index (χ0) is 15.4. The van der Waals surface area contributed by atoms with Gasteiger partial charge in [-0.25, -0.2) is 9.78 Å². The van der Waals surface area contributed by atoms with E-state index in [9.17, 15) is 14.9 Å². The Balaban J connectivity index is 2.29. The number of nitro groups is 1. The molecule has 1 aliphatic rings. The molecule has 0 aliphatic carbocycles. The zero-order valence-electron chi connectivity index (χ0n) is 11.4. The van der Waals surface area contributed by atoms with Gasteiger partial charge in [0.1, 0.15) is 0 Å². The van der Waals surface area contributed by atoms with E-state index >= 15 is 0 Å². The van der Waals surface area contributed by atoms with E-state index in [2.05, 4.69) is 4.98 Å². The average molecular weight is 295 g/mol. The number of rotatable bonds is 5. The molecule has 1 atom stereocenters. The van der Waals surface area contributed by atoms with E-state index < -0.39 is 10.9 Å². The maximum atomic E-state index is 11.2. The molecule has 1 unspecified atom stereocenters. The molecule has 1 fully saturated rings. The summed E-state index contributed by atoms with van der Waals surface area (Å²) in [5.74, 6) is -0.772. The van der Waals surface area contributed by atoms with Gasteiger partial charge in [0.25, 0.3) is 0 Å². The first-order valence-electron chi connectivity index (χ1n) is 6.76. The quantitative estimate of drug-likeness (QED) is 0.620. The molecule has 1 aromatic heterocycles. The minimum Gasteiger partial charge on any atom is -0.478 e. The number of aliphatic hydroxyl groups excluding tert-OH is 1. The second kappa shape index (κ2) is 6.49. The second-order valence-electron chi connectivity index (χ2n) is 5.10. The number of anilines is 1. The first-order valence-corrected chi connectivity index (χ1v) is 6.76. The lowest BCUT2D eigenvalue weighted by Gasteiger charge is -2.33. The molecule has 0 saturated carbocycles. The third-order valence-corrected chi connectivity index (χ3v) is 3.65. The summed E-state index contributed by atoms with van der Waals surface area (Å²) in [4.78, 5) is 27.2. The third-order valence-electron chi connectivity index (χ3n) is 3.65. The van der Waals surface area contributed by atoms with E-state index in [-0.39, 0.29) is 29.6 Å². The monoisotopic (exact) mass is 295 g/mol. The van der Waals surface area contributed by atoms with Crippen LogP contribution in [0.3, 0.4) is 0 Å². The Hall–Kier alpha value is -2.22. The van der Waals surface area contributed by atoms with Crippen LogP contribution in [-0.2, 0) is 0 Å².